The molecule has 0 saturated heterocycles. The van der Waals surface area contributed by atoms with Gasteiger partial charge < -0.3 is 0 Å². The summed E-state index contributed by atoms with van der Waals surface area (Å²) < 4.78 is 61.5. The minimum absolute atomic E-state index is 0. The van der Waals surface area contributed by atoms with E-state index in [-0.39, 0.29) is 39.8 Å². The van der Waals surface area contributed by atoms with Crippen LogP contribution in [0.15, 0.2) is 40.1 Å². The minimum atomic E-state index is -4.39. The van der Waals surface area contributed by atoms with Crippen LogP contribution >= 0.6 is 0 Å². The summed E-state index contributed by atoms with van der Waals surface area (Å²) in [5.41, 5.74) is 0. The molecule has 0 aliphatic carbocycles. The number of rotatable bonds is 2. The molecule has 1 radical (unpaired) electrons. The van der Waals surface area contributed by atoms with Crippen molar-refractivity contribution >= 4 is 60.6 Å². The van der Waals surface area contributed by atoms with Gasteiger partial charge in [0.15, 0.2) is 0 Å². The van der Waals surface area contributed by atoms with E-state index in [0.29, 0.717) is 5.39 Å². The van der Waals surface area contributed by atoms with Crippen LogP contribution in [0, 0.1) is 6.07 Å². The molecular weight excluding hydrogens is 303 g/mol. The molecule has 0 aliphatic rings. The predicted molar refractivity (Wildman–Crippen MR) is 69.6 cm³/mol. The molecule has 0 aliphatic heterocycles. The third-order valence-corrected chi connectivity index (χ3v) is 3.97. The van der Waals surface area contributed by atoms with Gasteiger partial charge in [-0.05, 0) is 41.1 Å². The van der Waals surface area contributed by atoms with Gasteiger partial charge in [0.2, 0.25) is 0 Å². The van der Waals surface area contributed by atoms with Crippen molar-refractivity contribution in [3.63, 3.8) is 0 Å². The summed E-state index contributed by atoms with van der Waals surface area (Å²) in [5.74, 6) is 0. The number of hydrogen-bond donors (Lipinski definition) is 2. The average Bonchev–Trinajstić information content (AvgIpc) is 2.25. The molecule has 0 fully saturated rings. The first-order valence-corrected chi connectivity index (χ1v) is 7.46. The SMILES string of the molecule is O=S(=O)(O)c1c[c]c2ccc(S(=O)(=O)O)cc2c1.[NaH]. The summed E-state index contributed by atoms with van der Waals surface area (Å²) >= 11 is 0. The zero-order chi connectivity index (χ0) is 13.6. The Morgan fingerprint density at radius 3 is 1.95 bits per heavy atom. The number of fused-ring (bicyclic) bond motifs is 1. The third kappa shape index (κ3) is 3.76. The van der Waals surface area contributed by atoms with Gasteiger partial charge in [-0.1, -0.05) is 6.07 Å². The average molecular weight is 311 g/mol. The fourth-order valence-corrected chi connectivity index (χ4v) is 2.44. The van der Waals surface area contributed by atoms with Gasteiger partial charge in [-0.15, -0.1) is 0 Å². The first-order valence-electron chi connectivity index (χ1n) is 4.58. The van der Waals surface area contributed by atoms with Gasteiger partial charge in [0.05, 0.1) is 9.79 Å². The zero-order valence-corrected chi connectivity index (χ0v) is 10.4. The molecule has 9 heteroatoms. The Labute approximate surface area is 132 Å². The summed E-state index contributed by atoms with van der Waals surface area (Å²) in [6.07, 6.45) is 0. The molecule has 0 spiro atoms. The van der Waals surface area contributed by atoms with Crippen LogP contribution in [0.25, 0.3) is 10.8 Å². The van der Waals surface area contributed by atoms with E-state index < -0.39 is 25.1 Å². The third-order valence-electron chi connectivity index (χ3n) is 2.29. The van der Waals surface area contributed by atoms with Crippen molar-refractivity contribution < 1.29 is 25.9 Å². The van der Waals surface area contributed by atoms with Gasteiger partial charge in [-0.3, -0.25) is 9.11 Å². The second-order valence-corrected chi connectivity index (χ2v) is 6.38. The van der Waals surface area contributed by atoms with Gasteiger partial charge in [0.25, 0.3) is 20.2 Å². The van der Waals surface area contributed by atoms with Crippen LogP contribution in [0.1, 0.15) is 0 Å². The van der Waals surface area contributed by atoms with E-state index >= 15 is 0 Å². The van der Waals surface area contributed by atoms with Crippen LogP contribution < -0.4 is 0 Å². The molecule has 2 rings (SSSR count). The van der Waals surface area contributed by atoms with E-state index in [1.807, 2.05) is 0 Å². The van der Waals surface area contributed by atoms with Gasteiger partial charge in [-0.25, -0.2) is 0 Å². The van der Waals surface area contributed by atoms with Crippen LogP contribution in [-0.2, 0) is 20.2 Å². The van der Waals surface area contributed by atoms with Crippen molar-refractivity contribution in [3.8, 4) is 0 Å². The van der Waals surface area contributed by atoms with E-state index in [2.05, 4.69) is 6.07 Å². The summed E-state index contributed by atoms with van der Waals surface area (Å²) in [6, 6.07) is 8.38. The Bertz CT molecular complexity index is 759. The van der Waals surface area contributed by atoms with Gasteiger partial charge in [0, 0.05) is 0 Å². The molecular formula is C10H8NaO6S2. The van der Waals surface area contributed by atoms with E-state index in [0.717, 1.165) is 18.2 Å². The Morgan fingerprint density at radius 1 is 0.895 bits per heavy atom. The van der Waals surface area contributed by atoms with E-state index in [4.69, 9.17) is 9.11 Å². The van der Waals surface area contributed by atoms with Crippen molar-refractivity contribution in [1.29, 1.82) is 0 Å². The fraction of sp³-hybridized carbons (Fsp3) is 0. The molecule has 2 aromatic carbocycles. The molecule has 0 bridgehead atoms. The van der Waals surface area contributed by atoms with E-state index in [1.165, 1.54) is 12.1 Å². The molecule has 0 atom stereocenters. The molecule has 6 nitrogen and oxygen atoms in total. The molecule has 0 heterocycles. The molecule has 0 unspecified atom stereocenters. The van der Waals surface area contributed by atoms with Crippen molar-refractivity contribution in [2.45, 2.75) is 9.79 Å². The van der Waals surface area contributed by atoms with Crippen molar-refractivity contribution in [1.82, 2.24) is 0 Å². The number of benzene rings is 2. The Morgan fingerprint density at radius 2 is 1.42 bits per heavy atom. The molecule has 97 valence electrons. The molecule has 19 heavy (non-hydrogen) atoms. The first-order chi connectivity index (χ1) is 8.18. The number of hydrogen-bond acceptors (Lipinski definition) is 4. The zero-order valence-electron chi connectivity index (χ0n) is 8.73. The first kappa shape index (κ1) is 16.6. The summed E-state index contributed by atoms with van der Waals surface area (Å²) in [7, 11) is -8.75. The molecule has 2 N–H and O–H groups in total. The maximum absolute atomic E-state index is 10.9. The second-order valence-electron chi connectivity index (χ2n) is 3.53. The molecule has 2 aromatic rings. The fourth-order valence-electron chi connectivity index (χ4n) is 1.44. The maximum atomic E-state index is 10.9. The second kappa shape index (κ2) is 5.49. The van der Waals surface area contributed by atoms with Crippen LogP contribution in [0.4, 0.5) is 0 Å². The van der Waals surface area contributed by atoms with Gasteiger partial charge in [-0.2, -0.15) is 16.8 Å². The Hall–Kier alpha value is -0.480. The Balaban J connectivity index is 0.00000180. The van der Waals surface area contributed by atoms with Gasteiger partial charge in [0.1, 0.15) is 0 Å². The van der Waals surface area contributed by atoms with Crippen molar-refractivity contribution in [2.75, 3.05) is 0 Å². The Kier molecular flexibility index (Phi) is 4.79. The summed E-state index contributed by atoms with van der Waals surface area (Å²) in [5, 5.41) is 0.676. The topological polar surface area (TPSA) is 109 Å². The molecule has 0 aromatic heterocycles. The van der Waals surface area contributed by atoms with Crippen molar-refractivity contribution in [2.24, 2.45) is 0 Å². The van der Waals surface area contributed by atoms with Gasteiger partial charge >= 0.3 is 29.6 Å². The van der Waals surface area contributed by atoms with E-state index in [1.54, 1.807) is 0 Å². The van der Waals surface area contributed by atoms with E-state index in [9.17, 15) is 16.8 Å². The summed E-state index contributed by atoms with van der Waals surface area (Å²) in [6.45, 7) is 0. The molecule has 0 saturated carbocycles. The normalized spacial score (nSPS) is 12.1. The summed E-state index contributed by atoms with van der Waals surface area (Å²) in [4.78, 5) is -0.765. The standard InChI is InChI=1S/C10H7O6S2.Na.H/c11-17(12,13)9-3-1-7-2-4-10(18(14,15)16)6-8(7)5-9;;/h1,3-6H,(H,11,12,13)(H,14,15,16);;. The van der Waals surface area contributed by atoms with Crippen LogP contribution in [-0.4, -0.2) is 55.5 Å². The quantitative estimate of drug-likeness (QED) is 0.617. The molecule has 0 amide bonds. The van der Waals surface area contributed by atoms with Crippen LogP contribution in [0.5, 0.6) is 0 Å². The predicted octanol–water partition coefficient (Wildman–Crippen LogP) is 0.485. The van der Waals surface area contributed by atoms with Crippen LogP contribution in [0.2, 0.25) is 0 Å². The van der Waals surface area contributed by atoms with Crippen LogP contribution in [0.3, 0.4) is 0 Å². The van der Waals surface area contributed by atoms with Crippen molar-refractivity contribution in [3.05, 3.63) is 36.4 Å². The monoisotopic (exact) mass is 311 g/mol.